The predicted molar refractivity (Wildman–Crippen MR) is 164 cm³/mol. The molecule has 2 atom stereocenters. The molecule has 212 valence electrons. The zero-order chi connectivity index (χ0) is 28.4. The number of amides is 1. The first-order chi connectivity index (χ1) is 19.8. The minimum absolute atomic E-state index is 0.0261. The van der Waals surface area contributed by atoms with Crippen LogP contribution in [0.4, 0.5) is 11.6 Å². The molecule has 2 aliphatic rings. The first-order valence-electron chi connectivity index (χ1n) is 14.4. The molecule has 3 heterocycles. The molecular weight excluding hydrogens is 512 g/mol. The number of hydrogen-bond donors (Lipinski definition) is 4. The number of likely N-dealkylation sites (N-methyl/N-ethyl adjacent to an activating group) is 1. The van der Waals surface area contributed by atoms with Crippen LogP contribution in [0.3, 0.4) is 0 Å². The Morgan fingerprint density at radius 2 is 2.07 bits per heavy atom. The minimum atomic E-state index is -0.151. The van der Waals surface area contributed by atoms with E-state index in [9.17, 15) is 4.79 Å². The smallest absolute Gasteiger partial charge is 0.248 e. The lowest BCUT2D eigenvalue weighted by molar-refractivity contribution is -0.111. The lowest BCUT2D eigenvalue weighted by Gasteiger charge is -2.39. The van der Waals surface area contributed by atoms with Gasteiger partial charge in [-0.05, 0) is 70.5 Å². The van der Waals surface area contributed by atoms with Crippen molar-refractivity contribution in [2.45, 2.75) is 57.2 Å². The maximum atomic E-state index is 12.1. The standard InChI is InChI=1S/C32H38N8O/c1-32(36-19-24-11-12-25(18-33-24)37-28(41)10-6-14-40(2)3)13-5-8-23(16-32)38-31-35-17-22-15-21-7-4-9-27-29(21)26(20-34-27)30(22)39-31/h4,6-7,9-12,17-18,20,23,34,36H,5,8,13-16,19H2,1-3H3,(H,37,41)(H,35,38,39)/b10-6+/t23-,32+/m1/s1. The molecule has 0 radical (unpaired) electrons. The van der Waals surface area contributed by atoms with Crippen molar-refractivity contribution in [1.29, 1.82) is 0 Å². The van der Waals surface area contributed by atoms with Crippen molar-refractivity contribution in [2.75, 3.05) is 31.3 Å². The number of carbonyl (C=O) groups excluding carboxylic acids is 1. The van der Waals surface area contributed by atoms with Gasteiger partial charge < -0.3 is 25.8 Å². The Hall–Kier alpha value is -4.08. The van der Waals surface area contributed by atoms with Crippen LogP contribution in [0.25, 0.3) is 22.2 Å². The van der Waals surface area contributed by atoms with Crippen LogP contribution in [0, 0.1) is 0 Å². The number of hydrogen-bond acceptors (Lipinski definition) is 7. The van der Waals surface area contributed by atoms with Gasteiger partial charge in [-0.1, -0.05) is 18.2 Å². The van der Waals surface area contributed by atoms with Crippen LogP contribution in [0.5, 0.6) is 0 Å². The molecule has 1 amide bonds. The molecule has 0 spiro atoms. The molecule has 1 saturated carbocycles. The Balaban J connectivity index is 1.05. The summed E-state index contributed by atoms with van der Waals surface area (Å²) in [6.45, 7) is 3.67. The van der Waals surface area contributed by atoms with Crippen LogP contribution < -0.4 is 16.0 Å². The van der Waals surface area contributed by atoms with E-state index in [1.54, 1.807) is 12.3 Å². The number of pyridine rings is 1. The van der Waals surface area contributed by atoms with Gasteiger partial charge in [0.1, 0.15) is 0 Å². The van der Waals surface area contributed by atoms with Crippen LogP contribution in [-0.2, 0) is 17.8 Å². The number of rotatable bonds is 9. The summed E-state index contributed by atoms with van der Waals surface area (Å²) in [4.78, 5) is 31.7. The summed E-state index contributed by atoms with van der Waals surface area (Å²) in [5.41, 5.74) is 7.45. The molecule has 0 unspecified atom stereocenters. The van der Waals surface area contributed by atoms with E-state index in [-0.39, 0.29) is 17.5 Å². The van der Waals surface area contributed by atoms with Crippen LogP contribution in [0.2, 0.25) is 0 Å². The van der Waals surface area contributed by atoms with Gasteiger partial charge in [-0.2, -0.15) is 0 Å². The van der Waals surface area contributed by atoms with E-state index in [4.69, 9.17) is 9.97 Å². The number of H-pyrrole nitrogens is 1. The summed E-state index contributed by atoms with van der Waals surface area (Å²) in [7, 11) is 3.93. The molecule has 4 N–H and O–H groups in total. The van der Waals surface area contributed by atoms with Crippen molar-refractivity contribution >= 4 is 28.4 Å². The zero-order valence-electron chi connectivity index (χ0n) is 24.0. The first-order valence-corrected chi connectivity index (χ1v) is 14.4. The molecule has 1 aromatic carbocycles. The zero-order valence-corrected chi connectivity index (χ0v) is 24.0. The van der Waals surface area contributed by atoms with Crippen molar-refractivity contribution in [3.8, 4) is 11.3 Å². The van der Waals surface area contributed by atoms with Crippen molar-refractivity contribution < 1.29 is 4.79 Å². The topological polar surface area (TPSA) is 111 Å². The fourth-order valence-electron chi connectivity index (χ4n) is 6.05. The predicted octanol–water partition coefficient (Wildman–Crippen LogP) is 4.88. The van der Waals surface area contributed by atoms with E-state index >= 15 is 0 Å². The molecule has 0 bridgehead atoms. The van der Waals surface area contributed by atoms with Gasteiger partial charge in [-0.15, -0.1) is 0 Å². The number of aromatic nitrogens is 4. The van der Waals surface area contributed by atoms with E-state index in [0.29, 0.717) is 18.2 Å². The van der Waals surface area contributed by atoms with Gasteiger partial charge >= 0.3 is 0 Å². The lowest BCUT2D eigenvalue weighted by atomic mass is 9.80. The van der Waals surface area contributed by atoms with Gasteiger partial charge in [-0.25, -0.2) is 9.97 Å². The normalized spacial score (nSPS) is 20.0. The number of nitrogens with zero attached hydrogens (tertiary/aromatic N) is 4. The quantitative estimate of drug-likeness (QED) is 0.194. The maximum absolute atomic E-state index is 12.1. The Morgan fingerprint density at radius 1 is 1.17 bits per heavy atom. The van der Waals surface area contributed by atoms with Gasteiger partial charge in [0.05, 0.1) is 23.3 Å². The van der Waals surface area contributed by atoms with E-state index in [0.717, 1.165) is 61.1 Å². The Morgan fingerprint density at radius 3 is 2.90 bits per heavy atom. The highest BCUT2D eigenvalue weighted by molar-refractivity contribution is 6.00. The van der Waals surface area contributed by atoms with Gasteiger partial charge in [0.25, 0.3) is 0 Å². The van der Waals surface area contributed by atoms with Gasteiger partial charge in [0, 0.05) is 71.6 Å². The highest BCUT2D eigenvalue weighted by atomic mass is 16.1. The highest BCUT2D eigenvalue weighted by Crippen LogP contribution is 2.38. The third-order valence-electron chi connectivity index (χ3n) is 8.13. The average Bonchev–Trinajstić information content (AvgIpc) is 3.39. The summed E-state index contributed by atoms with van der Waals surface area (Å²) >= 11 is 0. The third-order valence-corrected chi connectivity index (χ3v) is 8.13. The number of anilines is 2. The van der Waals surface area contributed by atoms with Gasteiger partial charge in [0.15, 0.2) is 0 Å². The fraction of sp³-hybridized carbons (Fsp3) is 0.375. The van der Waals surface area contributed by atoms with Crippen molar-refractivity contribution in [3.63, 3.8) is 0 Å². The van der Waals surface area contributed by atoms with Crippen LogP contribution in [0.15, 0.2) is 61.1 Å². The highest BCUT2D eigenvalue weighted by Gasteiger charge is 2.32. The fourth-order valence-corrected chi connectivity index (χ4v) is 6.05. The summed E-state index contributed by atoms with van der Waals surface area (Å²) in [5.74, 6) is 0.546. The van der Waals surface area contributed by atoms with E-state index in [1.807, 2.05) is 43.4 Å². The number of carbonyl (C=O) groups is 1. The Labute approximate surface area is 240 Å². The molecule has 9 heteroatoms. The van der Waals surface area contributed by atoms with Gasteiger partial charge in [0.2, 0.25) is 11.9 Å². The SMILES string of the molecule is CN(C)C/C=C/C(=O)Nc1ccc(CN[C@@]2(C)CCC[C@@H](Nc3ncc4c(n3)-c3c[nH]c5cccc(c35)C4)C2)nc1. The summed E-state index contributed by atoms with van der Waals surface area (Å²) in [5, 5.41) is 11.5. The molecule has 0 aliphatic heterocycles. The summed E-state index contributed by atoms with van der Waals surface area (Å²) in [6.07, 6.45) is 14.3. The minimum Gasteiger partial charge on any atom is -0.360 e. The van der Waals surface area contributed by atoms with Crippen molar-refractivity contribution in [3.05, 3.63) is 77.9 Å². The van der Waals surface area contributed by atoms with E-state index in [2.05, 4.69) is 57.2 Å². The average molecular weight is 551 g/mol. The second-order valence-electron chi connectivity index (χ2n) is 11.8. The molecule has 41 heavy (non-hydrogen) atoms. The number of benzene rings is 1. The van der Waals surface area contributed by atoms with Gasteiger partial charge in [-0.3, -0.25) is 9.78 Å². The van der Waals surface area contributed by atoms with Crippen LogP contribution >= 0.6 is 0 Å². The van der Waals surface area contributed by atoms with Crippen LogP contribution in [0.1, 0.15) is 49.4 Å². The second kappa shape index (κ2) is 11.4. The first kappa shape index (κ1) is 27.1. The van der Waals surface area contributed by atoms with E-state index < -0.39 is 0 Å². The molecule has 6 rings (SSSR count). The summed E-state index contributed by atoms with van der Waals surface area (Å²) < 4.78 is 0. The number of nitrogens with one attached hydrogen (secondary N) is 4. The molecule has 2 aliphatic carbocycles. The van der Waals surface area contributed by atoms with Crippen molar-refractivity contribution in [2.24, 2.45) is 0 Å². The Bertz CT molecular complexity index is 1570. The summed E-state index contributed by atoms with van der Waals surface area (Å²) in [6, 6.07) is 10.6. The molecule has 4 aromatic rings. The lowest BCUT2D eigenvalue weighted by Crippen LogP contribution is -2.48. The Kier molecular flexibility index (Phi) is 7.55. The maximum Gasteiger partial charge on any atom is 0.248 e. The molecule has 3 aromatic heterocycles. The monoisotopic (exact) mass is 550 g/mol. The van der Waals surface area contributed by atoms with Crippen molar-refractivity contribution in [1.82, 2.24) is 30.2 Å². The number of aromatic amines is 1. The number of fused-ring (bicyclic) bond motifs is 2. The third kappa shape index (κ3) is 6.16. The molecule has 1 fully saturated rings. The van der Waals surface area contributed by atoms with Crippen LogP contribution in [-0.4, -0.2) is 63.0 Å². The second-order valence-corrected chi connectivity index (χ2v) is 11.8. The molecular formula is C32H38N8O. The molecule has 0 saturated heterocycles. The largest absolute Gasteiger partial charge is 0.360 e. The van der Waals surface area contributed by atoms with E-state index in [1.165, 1.54) is 16.5 Å². The molecule has 9 nitrogen and oxygen atoms in total.